The van der Waals surface area contributed by atoms with Crippen LogP contribution in [0.15, 0.2) is 144 Å². The summed E-state index contributed by atoms with van der Waals surface area (Å²) >= 11 is 0. The molecule has 2 aliphatic carbocycles. The van der Waals surface area contributed by atoms with Crippen LogP contribution in [0.2, 0.25) is 0 Å². The van der Waals surface area contributed by atoms with Gasteiger partial charge in [-0.2, -0.15) is 0 Å². The normalized spacial score (nSPS) is 17.8. The molecule has 8 aromatic rings. The van der Waals surface area contributed by atoms with Crippen LogP contribution >= 0.6 is 0 Å². The van der Waals surface area contributed by atoms with Gasteiger partial charge in [0.15, 0.2) is 0 Å². The molecule has 2 aliphatic heterocycles. The van der Waals surface area contributed by atoms with Crippen LogP contribution in [0.5, 0.6) is 0 Å². The van der Waals surface area contributed by atoms with Crippen molar-refractivity contribution in [3.63, 3.8) is 0 Å². The molecule has 4 nitrogen and oxygen atoms in total. The van der Waals surface area contributed by atoms with Gasteiger partial charge in [-0.25, -0.2) is 0 Å². The number of hydrogen-bond donors (Lipinski definition) is 0. The molecule has 0 bridgehead atoms. The molecule has 0 radical (unpaired) electrons. The number of fused-ring (bicyclic) bond motifs is 8. The van der Waals surface area contributed by atoms with Crippen molar-refractivity contribution >= 4 is 85.5 Å². The van der Waals surface area contributed by atoms with Gasteiger partial charge in [0.1, 0.15) is 5.58 Å². The van der Waals surface area contributed by atoms with Crippen LogP contribution in [0.1, 0.15) is 141 Å². The van der Waals surface area contributed by atoms with Crippen molar-refractivity contribution in [1.82, 2.24) is 0 Å². The summed E-state index contributed by atoms with van der Waals surface area (Å²) in [4.78, 5) is 7.66. The maximum Gasteiger partial charge on any atom is 0.297 e. The third-order valence-corrected chi connectivity index (χ3v) is 17.3. The molecule has 0 fully saturated rings. The van der Waals surface area contributed by atoms with E-state index in [4.69, 9.17) is 4.42 Å². The molecule has 3 heterocycles. The van der Waals surface area contributed by atoms with Gasteiger partial charge in [-0.15, -0.1) is 0 Å². The molecule has 0 unspecified atom stereocenters. The van der Waals surface area contributed by atoms with Crippen molar-refractivity contribution in [3.8, 4) is 0 Å². The molecule has 0 atom stereocenters. The number of nitrogens with zero attached hydrogens (tertiary/aromatic N) is 3. The highest BCUT2D eigenvalue weighted by Crippen LogP contribution is 2.55. The van der Waals surface area contributed by atoms with Gasteiger partial charge in [0, 0.05) is 45.2 Å². The summed E-state index contributed by atoms with van der Waals surface area (Å²) in [5.74, 6) is 0. The Bertz CT molecular complexity index is 3400. The number of rotatable bonds is 5. The molecule has 358 valence electrons. The molecule has 71 heavy (non-hydrogen) atoms. The molecule has 4 aliphatic rings. The molecule has 0 saturated carbocycles. The van der Waals surface area contributed by atoms with Gasteiger partial charge in [-0.05, 0) is 195 Å². The van der Waals surface area contributed by atoms with Crippen LogP contribution in [0.3, 0.4) is 0 Å². The fourth-order valence-corrected chi connectivity index (χ4v) is 13.1. The van der Waals surface area contributed by atoms with E-state index in [1.54, 1.807) is 0 Å². The summed E-state index contributed by atoms with van der Waals surface area (Å²) in [5.41, 5.74) is 24.5. The minimum Gasteiger partial charge on any atom is -0.468 e. The van der Waals surface area contributed by atoms with E-state index >= 15 is 0 Å². The zero-order valence-electron chi connectivity index (χ0n) is 44.4. The maximum atomic E-state index is 7.71. The highest BCUT2D eigenvalue weighted by Gasteiger charge is 2.49. The van der Waals surface area contributed by atoms with Crippen LogP contribution in [0.4, 0.5) is 51.2 Å². The Morgan fingerprint density at radius 1 is 0.493 bits per heavy atom. The zero-order chi connectivity index (χ0) is 49.7. The van der Waals surface area contributed by atoms with E-state index < -0.39 is 0 Å². The molecule has 12 rings (SSSR count). The fraction of sp³-hybridized carbons (Fsp3) is 0.333. The van der Waals surface area contributed by atoms with Crippen LogP contribution in [0.25, 0.3) is 11.0 Å². The summed E-state index contributed by atoms with van der Waals surface area (Å²) in [5, 5.41) is 1.19. The smallest absolute Gasteiger partial charge is 0.297 e. The highest BCUT2D eigenvalue weighted by atomic mass is 16.3. The van der Waals surface area contributed by atoms with Crippen molar-refractivity contribution < 1.29 is 4.42 Å². The van der Waals surface area contributed by atoms with Crippen molar-refractivity contribution in [1.29, 1.82) is 0 Å². The Hall–Kier alpha value is -6.46. The second-order valence-electron chi connectivity index (χ2n) is 25.4. The summed E-state index contributed by atoms with van der Waals surface area (Å²) in [6, 6.07) is 53.6. The average Bonchev–Trinajstić information content (AvgIpc) is 3.70. The molecule has 5 heteroatoms. The van der Waals surface area contributed by atoms with Gasteiger partial charge in [0.25, 0.3) is 6.71 Å². The van der Waals surface area contributed by atoms with Gasteiger partial charge in [-0.1, -0.05) is 137 Å². The lowest BCUT2D eigenvalue weighted by atomic mass is 9.35. The van der Waals surface area contributed by atoms with Crippen molar-refractivity contribution in [2.45, 2.75) is 143 Å². The summed E-state index contributed by atoms with van der Waals surface area (Å²) in [6.07, 6.45) is 4.59. The SMILES string of the molecule is Cc1cc(C)cc(N2c3ccc(C(C)(C)C)cc3B3c4oc5cc6c(cc5c4N(c4ccc5c(c4)C(C)(C)CCC5(C)C)c4cc(N(c5ccccc5)c5ccccc5)cc2c43)C(C)(C)CCC6(C)C)c1. The van der Waals surface area contributed by atoms with E-state index in [1.807, 2.05) is 0 Å². The Balaban J connectivity index is 1.26. The molecular weight excluding hydrogens is 862 g/mol. The van der Waals surface area contributed by atoms with Crippen LogP contribution in [0, 0.1) is 13.8 Å². The molecule has 0 amide bonds. The monoisotopic (exact) mass is 932 g/mol. The number of aryl methyl sites for hydroxylation is 2. The number of para-hydroxylation sites is 2. The highest BCUT2D eigenvalue weighted by molar-refractivity contribution is 7.00. The molecule has 0 saturated heterocycles. The quantitative estimate of drug-likeness (QED) is 0.160. The summed E-state index contributed by atoms with van der Waals surface area (Å²) < 4.78 is 7.71. The Kier molecular flexibility index (Phi) is 9.98. The van der Waals surface area contributed by atoms with Gasteiger partial charge in [0.05, 0.1) is 17.0 Å². The van der Waals surface area contributed by atoms with E-state index in [2.05, 4.69) is 244 Å². The van der Waals surface area contributed by atoms with Crippen LogP contribution in [-0.2, 0) is 27.1 Å². The molecule has 7 aromatic carbocycles. The number of furan rings is 1. The number of benzene rings is 7. The second kappa shape index (κ2) is 15.5. The fourth-order valence-electron chi connectivity index (χ4n) is 13.1. The van der Waals surface area contributed by atoms with Crippen molar-refractivity contribution in [2.75, 3.05) is 14.7 Å². The third-order valence-electron chi connectivity index (χ3n) is 17.3. The topological polar surface area (TPSA) is 22.9 Å². The first-order valence-electron chi connectivity index (χ1n) is 26.3. The first kappa shape index (κ1) is 45.7. The van der Waals surface area contributed by atoms with E-state index in [1.165, 1.54) is 78.7 Å². The Morgan fingerprint density at radius 2 is 1.03 bits per heavy atom. The Morgan fingerprint density at radius 3 is 1.61 bits per heavy atom. The van der Waals surface area contributed by atoms with Gasteiger partial charge < -0.3 is 19.1 Å². The van der Waals surface area contributed by atoms with Gasteiger partial charge in [0.2, 0.25) is 0 Å². The lowest BCUT2D eigenvalue weighted by molar-refractivity contribution is 0.332. The van der Waals surface area contributed by atoms with E-state index in [0.717, 1.165) is 64.6 Å². The molecule has 1 aromatic heterocycles. The third kappa shape index (κ3) is 7.14. The van der Waals surface area contributed by atoms with Crippen LogP contribution < -0.4 is 31.3 Å². The first-order valence-corrected chi connectivity index (χ1v) is 26.3. The van der Waals surface area contributed by atoms with Gasteiger partial charge in [-0.3, -0.25) is 0 Å². The first-order chi connectivity index (χ1) is 33.6. The average molecular weight is 932 g/mol. The predicted octanol–water partition coefficient (Wildman–Crippen LogP) is 16.6. The molecule has 0 N–H and O–H groups in total. The minimum atomic E-state index is -0.180. The number of anilines is 9. The van der Waals surface area contributed by atoms with E-state index in [-0.39, 0.29) is 33.8 Å². The standard InChI is InChI=1S/C66H70BN3O/c1-41-32-42(2)34-47(33-41)69-55-27-24-43(62(3,4)5)35-54(55)67-59-56(69)37-48(68(44-20-16-14-17-21-44)45-22-18-15-19-23-45)38-57(59)70(46-25-26-50-51(36-46)64(8,9)29-28-63(50,6)7)60-49-39-52-53(40-58(49)71-61(60)67)66(12,13)31-30-65(52,10)11/h14-27,32-40H,28-31H2,1-13H3. The largest absolute Gasteiger partial charge is 0.468 e. The predicted molar refractivity (Wildman–Crippen MR) is 304 cm³/mol. The van der Waals surface area contributed by atoms with Gasteiger partial charge >= 0.3 is 0 Å². The zero-order valence-corrected chi connectivity index (χ0v) is 44.4. The van der Waals surface area contributed by atoms with E-state index in [0.29, 0.717) is 0 Å². The Labute approximate surface area is 423 Å². The molecular formula is C66H70BN3O. The number of hydrogen-bond acceptors (Lipinski definition) is 4. The lowest BCUT2D eigenvalue weighted by Crippen LogP contribution is -2.61. The minimum absolute atomic E-state index is 0.00990. The van der Waals surface area contributed by atoms with E-state index in [9.17, 15) is 0 Å². The van der Waals surface area contributed by atoms with Crippen molar-refractivity contribution in [2.24, 2.45) is 0 Å². The second-order valence-corrected chi connectivity index (χ2v) is 25.4. The lowest BCUT2D eigenvalue weighted by Gasteiger charge is -2.45. The van der Waals surface area contributed by atoms with Crippen molar-refractivity contribution in [3.05, 3.63) is 178 Å². The van der Waals surface area contributed by atoms with Crippen LogP contribution in [-0.4, -0.2) is 6.71 Å². The molecule has 0 spiro atoms. The maximum absolute atomic E-state index is 7.71. The summed E-state index contributed by atoms with van der Waals surface area (Å²) in [7, 11) is 0. The summed E-state index contributed by atoms with van der Waals surface area (Å²) in [6.45, 7) is 30.9.